The van der Waals surface area contributed by atoms with Gasteiger partial charge < -0.3 is 20.3 Å². The average molecular weight is 432 g/mol. The van der Waals surface area contributed by atoms with Gasteiger partial charge in [0.1, 0.15) is 11.8 Å². The van der Waals surface area contributed by atoms with Crippen molar-refractivity contribution in [2.75, 3.05) is 41.8 Å². The van der Waals surface area contributed by atoms with Crippen molar-refractivity contribution >= 4 is 23.0 Å². The maximum absolute atomic E-state index is 12.3. The summed E-state index contributed by atoms with van der Waals surface area (Å²) in [6.45, 7) is 0.537. The SMILES string of the molecule is N#Cc1cc(NCC(=O)Nc2ccc(N3CCCCC3)cc2)ccc1OCC(F)(F)F. The molecule has 1 aliphatic rings. The van der Waals surface area contributed by atoms with Gasteiger partial charge in [-0.15, -0.1) is 0 Å². The van der Waals surface area contributed by atoms with E-state index in [4.69, 9.17) is 5.26 Å². The minimum Gasteiger partial charge on any atom is -0.483 e. The van der Waals surface area contributed by atoms with Crippen LogP contribution in [0.3, 0.4) is 0 Å². The fourth-order valence-electron chi connectivity index (χ4n) is 3.31. The zero-order valence-corrected chi connectivity index (χ0v) is 16.8. The lowest BCUT2D eigenvalue weighted by Crippen LogP contribution is -2.29. The fourth-order valence-corrected chi connectivity index (χ4v) is 3.31. The van der Waals surface area contributed by atoms with Crippen LogP contribution in [0.25, 0.3) is 0 Å². The number of halogens is 3. The first-order chi connectivity index (χ1) is 14.8. The van der Waals surface area contributed by atoms with Gasteiger partial charge in [0.05, 0.1) is 12.1 Å². The molecule has 164 valence electrons. The van der Waals surface area contributed by atoms with Gasteiger partial charge in [0.25, 0.3) is 0 Å². The Morgan fingerprint density at radius 1 is 1.06 bits per heavy atom. The van der Waals surface area contributed by atoms with E-state index in [9.17, 15) is 18.0 Å². The standard InChI is InChI=1S/C22H23F3N4O2/c23-22(24,25)15-31-20-9-6-18(12-16(20)13-26)27-14-21(30)28-17-4-7-19(8-5-17)29-10-2-1-3-11-29/h4-9,12,27H,1-3,10-11,14-15H2,(H,28,30). The van der Waals surface area contributed by atoms with E-state index < -0.39 is 12.8 Å². The Hall–Kier alpha value is -3.41. The number of ether oxygens (including phenoxy) is 1. The summed E-state index contributed by atoms with van der Waals surface area (Å²) in [5.41, 5.74) is 2.17. The van der Waals surface area contributed by atoms with E-state index >= 15 is 0 Å². The molecule has 1 amide bonds. The number of hydrogen-bond donors (Lipinski definition) is 2. The molecule has 1 fully saturated rings. The second-order valence-corrected chi connectivity index (χ2v) is 7.22. The summed E-state index contributed by atoms with van der Waals surface area (Å²) in [7, 11) is 0. The highest BCUT2D eigenvalue weighted by Gasteiger charge is 2.28. The number of anilines is 3. The molecule has 0 radical (unpaired) electrons. The number of nitrogens with zero attached hydrogens (tertiary/aromatic N) is 2. The molecule has 0 unspecified atom stereocenters. The maximum Gasteiger partial charge on any atom is 0.422 e. The number of alkyl halides is 3. The third-order valence-electron chi connectivity index (χ3n) is 4.82. The second-order valence-electron chi connectivity index (χ2n) is 7.22. The quantitative estimate of drug-likeness (QED) is 0.672. The first kappa shape index (κ1) is 22.3. The number of carbonyl (C=O) groups is 1. The highest BCUT2D eigenvalue weighted by atomic mass is 19.4. The summed E-state index contributed by atoms with van der Waals surface area (Å²) in [6.07, 6.45) is -0.856. The number of carbonyl (C=O) groups excluding carboxylic acids is 1. The normalized spacial score (nSPS) is 13.9. The molecule has 31 heavy (non-hydrogen) atoms. The lowest BCUT2D eigenvalue weighted by molar-refractivity contribution is -0.153. The summed E-state index contributed by atoms with van der Waals surface area (Å²) in [4.78, 5) is 14.5. The van der Waals surface area contributed by atoms with Gasteiger partial charge in [-0.1, -0.05) is 0 Å². The van der Waals surface area contributed by atoms with Gasteiger partial charge >= 0.3 is 6.18 Å². The lowest BCUT2D eigenvalue weighted by Gasteiger charge is -2.28. The van der Waals surface area contributed by atoms with E-state index in [-0.39, 0.29) is 23.8 Å². The zero-order valence-electron chi connectivity index (χ0n) is 16.8. The fraction of sp³-hybridized carbons (Fsp3) is 0.364. The molecule has 0 spiro atoms. The van der Waals surface area contributed by atoms with E-state index in [1.165, 1.54) is 37.5 Å². The van der Waals surface area contributed by atoms with Gasteiger partial charge in [0.2, 0.25) is 5.91 Å². The molecule has 0 bridgehead atoms. The first-order valence-electron chi connectivity index (χ1n) is 9.96. The summed E-state index contributed by atoms with van der Waals surface area (Å²) in [6, 6.07) is 13.5. The summed E-state index contributed by atoms with van der Waals surface area (Å²) >= 11 is 0. The van der Waals surface area contributed by atoms with Crippen LogP contribution in [0.5, 0.6) is 5.75 Å². The molecule has 0 aliphatic carbocycles. The largest absolute Gasteiger partial charge is 0.483 e. The van der Waals surface area contributed by atoms with Gasteiger partial charge in [-0.2, -0.15) is 18.4 Å². The molecule has 9 heteroatoms. The van der Waals surface area contributed by atoms with Crippen LogP contribution < -0.4 is 20.3 Å². The Morgan fingerprint density at radius 3 is 2.39 bits per heavy atom. The van der Waals surface area contributed by atoms with Crippen LogP contribution in [0.1, 0.15) is 24.8 Å². The van der Waals surface area contributed by atoms with Crippen LogP contribution in [0.2, 0.25) is 0 Å². The topological polar surface area (TPSA) is 77.4 Å². The third kappa shape index (κ3) is 6.81. The van der Waals surface area contributed by atoms with Crippen LogP contribution in [0.4, 0.5) is 30.2 Å². The van der Waals surface area contributed by atoms with Crippen LogP contribution in [0.15, 0.2) is 42.5 Å². The van der Waals surface area contributed by atoms with Gasteiger partial charge in [-0.3, -0.25) is 4.79 Å². The molecule has 3 rings (SSSR count). The van der Waals surface area contributed by atoms with E-state index in [0.29, 0.717) is 11.4 Å². The Bertz CT molecular complexity index is 933. The summed E-state index contributed by atoms with van der Waals surface area (Å²) in [5, 5.41) is 14.8. The Kier molecular flexibility index (Phi) is 7.23. The predicted molar refractivity (Wildman–Crippen MR) is 112 cm³/mol. The van der Waals surface area contributed by atoms with E-state index in [0.717, 1.165) is 18.8 Å². The Morgan fingerprint density at radius 2 is 1.74 bits per heavy atom. The van der Waals surface area contributed by atoms with E-state index in [1.807, 2.05) is 24.3 Å². The number of nitriles is 1. The summed E-state index contributed by atoms with van der Waals surface area (Å²) < 4.78 is 41.5. The number of benzene rings is 2. The number of piperidine rings is 1. The third-order valence-corrected chi connectivity index (χ3v) is 4.82. The Labute approximate surface area is 178 Å². The van der Waals surface area contributed by atoms with Crippen LogP contribution in [0, 0.1) is 11.3 Å². The van der Waals surface area contributed by atoms with Crippen molar-refractivity contribution in [2.45, 2.75) is 25.4 Å². The predicted octanol–water partition coefficient (Wildman–Crippen LogP) is 4.54. The van der Waals surface area contributed by atoms with Crippen molar-refractivity contribution in [1.29, 1.82) is 5.26 Å². The Balaban J connectivity index is 1.51. The van der Waals surface area contributed by atoms with Crippen LogP contribution in [-0.2, 0) is 4.79 Å². The van der Waals surface area contributed by atoms with Crippen molar-refractivity contribution in [3.8, 4) is 11.8 Å². The highest BCUT2D eigenvalue weighted by Crippen LogP contribution is 2.25. The first-order valence-corrected chi connectivity index (χ1v) is 9.96. The molecule has 0 aromatic heterocycles. The molecule has 1 heterocycles. The van der Waals surface area contributed by atoms with Crippen molar-refractivity contribution in [3.05, 3.63) is 48.0 Å². The molecule has 2 aromatic carbocycles. The van der Waals surface area contributed by atoms with Gasteiger partial charge in [0.15, 0.2) is 6.61 Å². The monoisotopic (exact) mass is 432 g/mol. The molecule has 2 N–H and O–H groups in total. The van der Waals surface area contributed by atoms with Crippen molar-refractivity contribution in [3.63, 3.8) is 0 Å². The molecule has 1 saturated heterocycles. The van der Waals surface area contributed by atoms with E-state index in [2.05, 4.69) is 20.3 Å². The molecule has 6 nitrogen and oxygen atoms in total. The number of nitrogens with one attached hydrogen (secondary N) is 2. The smallest absolute Gasteiger partial charge is 0.422 e. The van der Waals surface area contributed by atoms with Gasteiger partial charge in [-0.25, -0.2) is 0 Å². The number of hydrogen-bond acceptors (Lipinski definition) is 5. The minimum absolute atomic E-state index is 0.0528. The second kappa shape index (κ2) is 10.1. The van der Waals surface area contributed by atoms with Gasteiger partial charge in [0, 0.05) is 30.2 Å². The molecular weight excluding hydrogens is 409 g/mol. The van der Waals surface area contributed by atoms with Crippen molar-refractivity contribution < 1.29 is 22.7 Å². The number of amides is 1. The molecule has 1 aliphatic heterocycles. The van der Waals surface area contributed by atoms with Crippen molar-refractivity contribution in [2.24, 2.45) is 0 Å². The maximum atomic E-state index is 12.3. The van der Waals surface area contributed by atoms with Gasteiger partial charge in [-0.05, 0) is 61.7 Å². The van der Waals surface area contributed by atoms with Crippen LogP contribution in [-0.4, -0.2) is 38.3 Å². The molecule has 0 saturated carbocycles. The minimum atomic E-state index is -4.49. The molecule has 2 aromatic rings. The average Bonchev–Trinajstić information content (AvgIpc) is 2.77. The van der Waals surface area contributed by atoms with Crippen LogP contribution >= 0.6 is 0 Å². The lowest BCUT2D eigenvalue weighted by atomic mass is 10.1. The summed E-state index contributed by atoms with van der Waals surface area (Å²) in [5.74, 6) is -0.453. The molecule has 0 atom stereocenters. The van der Waals surface area contributed by atoms with Crippen molar-refractivity contribution in [1.82, 2.24) is 0 Å². The highest BCUT2D eigenvalue weighted by molar-refractivity contribution is 5.93. The zero-order chi connectivity index (χ0) is 22.3. The number of rotatable bonds is 7. The molecular formula is C22H23F3N4O2. The van der Waals surface area contributed by atoms with E-state index in [1.54, 1.807) is 6.07 Å².